The first-order valence-electron chi connectivity index (χ1n) is 6.81. The Bertz CT molecular complexity index is 461. The molecular formula is C14H22N4O. The fourth-order valence-corrected chi connectivity index (χ4v) is 2.96. The van der Waals surface area contributed by atoms with E-state index >= 15 is 0 Å². The normalized spacial score (nSPS) is 24.2. The third-order valence-electron chi connectivity index (χ3n) is 4.07. The van der Waals surface area contributed by atoms with Crippen LogP contribution in [0.25, 0.3) is 0 Å². The number of nitrogens with two attached hydrogens (primary N) is 1. The zero-order chi connectivity index (χ0) is 13.8. The second-order valence-corrected chi connectivity index (χ2v) is 5.30. The summed E-state index contributed by atoms with van der Waals surface area (Å²) in [7, 11) is 2.04. The fourth-order valence-electron chi connectivity index (χ4n) is 2.96. The number of rotatable bonds is 3. The maximum Gasteiger partial charge on any atom is 0.173 e. The summed E-state index contributed by atoms with van der Waals surface area (Å²) >= 11 is 0. The molecule has 0 spiro atoms. The Morgan fingerprint density at radius 2 is 2.21 bits per heavy atom. The van der Waals surface area contributed by atoms with Gasteiger partial charge in [0.05, 0.1) is 5.56 Å². The molecular weight excluding hydrogens is 240 g/mol. The molecule has 104 valence electrons. The number of amidine groups is 1. The second kappa shape index (κ2) is 5.91. The Kier molecular flexibility index (Phi) is 4.24. The Labute approximate surface area is 114 Å². The Morgan fingerprint density at radius 3 is 2.89 bits per heavy atom. The third kappa shape index (κ3) is 2.80. The van der Waals surface area contributed by atoms with Crippen LogP contribution in [0.3, 0.4) is 0 Å². The molecule has 1 aliphatic rings. The SMILES string of the molecule is CC1CCCCC1N(C)c1ncccc1/C(N)=N/O. The number of oxime groups is 1. The van der Waals surface area contributed by atoms with Crippen molar-refractivity contribution < 1.29 is 5.21 Å². The van der Waals surface area contributed by atoms with Crippen molar-refractivity contribution in [1.82, 2.24) is 4.98 Å². The van der Waals surface area contributed by atoms with E-state index in [0.29, 0.717) is 17.5 Å². The van der Waals surface area contributed by atoms with Crippen LogP contribution >= 0.6 is 0 Å². The predicted molar refractivity (Wildman–Crippen MR) is 76.6 cm³/mol. The van der Waals surface area contributed by atoms with Gasteiger partial charge in [0.2, 0.25) is 0 Å². The van der Waals surface area contributed by atoms with Crippen molar-refractivity contribution in [1.29, 1.82) is 0 Å². The van der Waals surface area contributed by atoms with Gasteiger partial charge in [0, 0.05) is 19.3 Å². The maximum absolute atomic E-state index is 8.87. The van der Waals surface area contributed by atoms with Gasteiger partial charge in [-0.2, -0.15) is 0 Å². The van der Waals surface area contributed by atoms with Crippen LogP contribution in [0.4, 0.5) is 5.82 Å². The highest BCUT2D eigenvalue weighted by atomic mass is 16.4. The van der Waals surface area contributed by atoms with Gasteiger partial charge in [-0.3, -0.25) is 0 Å². The van der Waals surface area contributed by atoms with Crippen molar-refractivity contribution in [3.8, 4) is 0 Å². The topological polar surface area (TPSA) is 74.7 Å². The molecule has 5 nitrogen and oxygen atoms in total. The van der Waals surface area contributed by atoms with Crippen LogP contribution in [0.1, 0.15) is 38.2 Å². The highest BCUT2D eigenvalue weighted by Gasteiger charge is 2.27. The molecule has 0 bridgehead atoms. The summed E-state index contributed by atoms with van der Waals surface area (Å²) < 4.78 is 0. The predicted octanol–water partition coefficient (Wildman–Crippen LogP) is 2.19. The van der Waals surface area contributed by atoms with E-state index < -0.39 is 0 Å². The van der Waals surface area contributed by atoms with Gasteiger partial charge < -0.3 is 15.8 Å². The number of aromatic nitrogens is 1. The van der Waals surface area contributed by atoms with Gasteiger partial charge >= 0.3 is 0 Å². The average Bonchev–Trinajstić information content (AvgIpc) is 2.46. The Hall–Kier alpha value is -1.78. The zero-order valence-corrected chi connectivity index (χ0v) is 11.6. The lowest BCUT2D eigenvalue weighted by Crippen LogP contribution is -2.40. The summed E-state index contributed by atoms with van der Waals surface area (Å²) in [5.74, 6) is 1.54. The summed E-state index contributed by atoms with van der Waals surface area (Å²) in [6.07, 6.45) is 6.73. The fraction of sp³-hybridized carbons (Fsp3) is 0.571. The molecule has 2 unspecified atom stereocenters. The summed E-state index contributed by atoms with van der Waals surface area (Å²) in [4.78, 5) is 6.59. The highest BCUT2D eigenvalue weighted by molar-refractivity contribution is 6.01. The molecule has 0 saturated heterocycles. The van der Waals surface area contributed by atoms with Gasteiger partial charge in [0.25, 0.3) is 0 Å². The molecule has 1 fully saturated rings. The lowest BCUT2D eigenvalue weighted by molar-refractivity contribution is 0.317. The van der Waals surface area contributed by atoms with Gasteiger partial charge in [0.1, 0.15) is 5.82 Å². The van der Waals surface area contributed by atoms with Crippen LogP contribution in [-0.2, 0) is 0 Å². The molecule has 1 aromatic rings. The molecule has 0 radical (unpaired) electrons. The van der Waals surface area contributed by atoms with Gasteiger partial charge in [0.15, 0.2) is 5.84 Å². The molecule has 1 saturated carbocycles. The summed E-state index contributed by atoms with van der Waals surface area (Å²) in [5.41, 5.74) is 6.42. The first kappa shape index (κ1) is 13.6. The second-order valence-electron chi connectivity index (χ2n) is 5.30. The number of pyridine rings is 1. The molecule has 0 aromatic carbocycles. The molecule has 5 heteroatoms. The molecule has 2 atom stereocenters. The minimum atomic E-state index is 0.110. The minimum Gasteiger partial charge on any atom is -0.409 e. The van der Waals surface area contributed by atoms with Gasteiger partial charge in [-0.1, -0.05) is 24.9 Å². The molecule has 2 rings (SSSR count). The highest BCUT2D eigenvalue weighted by Crippen LogP contribution is 2.30. The van der Waals surface area contributed by atoms with Crippen molar-refractivity contribution in [3.63, 3.8) is 0 Å². The number of hydrogen-bond acceptors (Lipinski definition) is 4. The molecule has 19 heavy (non-hydrogen) atoms. The number of anilines is 1. The quantitative estimate of drug-likeness (QED) is 0.379. The molecule has 1 heterocycles. The van der Waals surface area contributed by atoms with E-state index in [1.807, 2.05) is 13.1 Å². The monoisotopic (exact) mass is 262 g/mol. The van der Waals surface area contributed by atoms with Crippen molar-refractivity contribution in [3.05, 3.63) is 23.9 Å². The van der Waals surface area contributed by atoms with E-state index in [1.54, 1.807) is 12.3 Å². The first-order valence-corrected chi connectivity index (χ1v) is 6.81. The molecule has 0 aliphatic heterocycles. The van der Waals surface area contributed by atoms with Crippen LogP contribution < -0.4 is 10.6 Å². The van der Waals surface area contributed by atoms with E-state index in [-0.39, 0.29) is 5.84 Å². The molecule has 1 aromatic heterocycles. The lowest BCUT2D eigenvalue weighted by Gasteiger charge is -2.37. The maximum atomic E-state index is 8.87. The minimum absolute atomic E-state index is 0.110. The Morgan fingerprint density at radius 1 is 1.47 bits per heavy atom. The van der Waals surface area contributed by atoms with Crippen LogP contribution in [0.5, 0.6) is 0 Å². The van der Waals surface area contributed by atoms with E-state index in [4.69, 9.17) is 10.9 Å². The third-order valence-corrected chi connectivity index (χ3v) is 4.07. The van der Waals surface area contributed by atoms with Crippen molar-refractivity contribution in [2.45, 2.75) is 38.6 Å². The standard InChI is InChI=1S/C14H22N4O/c1-10-6-3-4-8-12(10)18(2)14-11(13(15)17-19)7-5-9-16-14/h5,7,9-10,12,19H,3-4,6,8H2,1-2H3,(H2,15,17). The number of hydrogen-bond donors (Lipinski definition) is 2. The van der Waals surface area contributed by atoms with Crippen molar-refractivity contribution >= 4 is 11.7 Å². The largest absolute Gasteiger partial charge is 0.409 e. The first-order chi connectivity index (χ1) is 9.15. The summed E-state index contributed by atoms with van der Waals surface area (Å²) in [6.45, 7) is 2.28. The lowest BCUT2D eigenvalue weighted by atomic mass is 9.85. The summed E-state index contributed by atoms with van der Waals surface area (Å²) in [5, 5.41) is 12.0. The van der Waals surface area contributed by atoms with E-state index in [1.165, 1.54) is 25.7 Å². The molecule has 3 N–H and O–H groups in total. The number of nitrogens with zero attached hydrogens (tertiary/aromatic N) is 3. The van der Waals surface area contributed by atoms with Crippen LogP contribution in [0.2, 0.25) is 0 Å². The van der Waals surface area contributed by atoms with E-state index in [2.05, 4.69) is 22.0 Å². The molecule has 1 aliphatic carbocycles. The Balaban J connectivity index is 2.30. The van der Waals surface area contributed by atoms with Crippen LogP contribution in [0, 0.1) is 5.92 Å². The van der Waals surface area contributed by atoms with Crippen molar-refractivity contribution in [2.24, 2.45) is 16.8 Å². The average molecular weight is 262 g/mol. The van der Waals surface area contributed by atoms with Gasteiger partial charge in [-0.25, -0.2) is 4.98 Å². The van der Waals surface area contributed by atoms with Crippen LogP contribution in [0.15, 0.2) is 23.5 Å². The molecule has 0 amide bonds. The van der Waals surface area contributed by atoms with Crippen molar-refractivity contribution in [2.75, 3.05) is 11.9 Å². The summed E-state index contributed by atoms with van der Waals surface area (Å²) in [6, 6.07) is 4.10. The van der Waals surface area contributed by atoms with Crippen LogP contribution in [-0.4, -0.2) is 29.1 Å². The smallest absolute Gasteiger partial charge is 0.173 e. The van der Waals surface area contributed by atoms with Gasteiger partial charge in [-0.05, 0) is 30.9 Å². The van der Waals surface area contributed by atoms with E-state index in [9.17, 15) is 0 Å². The van der Waals surface area contributed by atoms with E-state index in [0.717, 1.165) is 5.82 Å². The zero-order valence-electron chi connectivity index (χ0n) is 11.6. The van der Waals surface area contributed by atoms with Gasteiger partial charge in [-0.15, -0.1) is 0 Å².